The first-order chi connectivity index (χ1) is 9.36. The summed E-state index contributed by atoms with van der Waals surface area (Å²) in [7, 11) is 0. The Morgan fingerprint density at radius 2 is 2.15 bits per heavy atom. The molecule has 1 aromatic heterocycles. The molecule has 0 aromatic carbocycles. The zero-order chi connectivity index (χ0) is 14.9. The molecule has 1 amide bonds. The monoisotopic (exact) mass is 297 g/mol. The predicted molar refractivity (Wildman–Crippen MR) is 81.0 cm³/mol. The number of aromatic nitrogens is 1. The number of amides is 1. The van der Waals surface area contributed by atoms with Gasteiger partial charge in [0.15, 0.2) is 0 Å². The molecule has 2 N–H and O–H groups in total. The van der Waals surface area contributed by atoms with E-state index in [2.05, 4.69) is 6.92 Å². The second kappa shape index (κ2) is 5.69. The van der Waals surface area contributed by atoms with Crippen LogP contribution in [0.4, 0.5) is 0 Å². The van der Waals surface area contributed by atoms with Gasteiger partial charge >= 0.3 is 4.87 Å². The van der Waals surface area contributed by atoms with Crippen molar-refractivity contribution in [3.05, 3.63) is 20.2 Å². The fourth-order valence-electron chi connectivity index (χ4n) is 2.61. The lowest BCUT2D eigenvalue weighted by molar-refractivity contribution is -0.130. The van der Waals surface area contributed by atoms with Crippen LogP contribution in [0.5, 0.6) is 0 Å². The Kier molecular flexibility index (Phi) is 4.34. The number of aryl methyl sites for hydroxylation is 1. The molecule has 0 saturated carbocycles. The fraction of sp³-hybridized carbons (Fsp3) is 0.714. The lowest BCUT2D eigenvalue weighted by atomic mass is 9.90. The minimum Gasteiger partial charge on any atom is -0.342 e. The lowest BCUT2D eigenvalue weighted by Gasteiger charge is -2.22. The minimum atomic E-state index is 0.0287. The Balaban J connectivity index is 1.95. The molecule has 1 aliphatic heterocycles. The number of nitrogens with zero attached hydrogens (tertiary/aromatic N) is 2. The maximum Gasteiger partial charge on any atom is 0.307 e. The number of rotatable bonds is 4. The summed E-state index contributed by atoms with van der Waals surface area (Å²) < 4.78 is 1.70. The van der Waals surface area contributed by atoms with Crippen LogP contribution in [0.3, 0.4) is 0 Å². The maximum atomic E-state index is 12.2. The van der Waals surface area contributed by atoms with Crippen LogP contribution in [-0.4, -0.2) is 35.0 Å². The summed E-state index contributed by atoms with van der Waals surface area (Å²) in [5, 5.41) is 0. The van der Waals surface area contributed by atoms with Gasteiger partial charge in [-0.3, -0.25) is 9.59 Å². The third-order valence-corrected chi connectivity index (χ3v) is 5.32. The van der Waals surface area contributed by atoms with Gasteiger partial charge in [0.1, 0.15) is 0 Å². The summed E-state index contributed by atoms with van der Waals surface area (Å²) in [4.78, 5) is 26.9. The molecule has 2 heterocycles. The summed E-state index contributed by atoms with van der Waals surface area (Å²) in [6.07, 6.45) is 1.35. The van der Waals surface area contributed by atoms with E-state index in [1.807, 2.05) is 18.7 Å². The normalized spacial score (nSPS) is 22.5. The third kappa shape index (κ3) is 2.96. The van der Waals surface area contributed by atoms with Gasteiger partial charge in [0, 0.05) is 36.6 Å². The van der Waals surface area contributed by atoms with Crippen LogP contribution in [0.25, 0.3) is 0 Å². The van der Waals surface area contributed by atoms with Crippen molar-refractivity contribution in [3.63, 3.8) is 0 Å². The van der Waals surface area contributed by atoms with Crippen molar-refractivity contribution in [2.45, 2.75) is 40.2 Å². The Bertz CT molecular complexity index is 563. The van der Waals surface area contributed by atoms with E-state index in [-0.39, 0.29) is 16.2 Å². The van der Waals surface area contributed by atoms with Gasteiger partial charge in [-0.15, -0.1) is 0 Å². The number of nitrogens with two attached hydrogens (primary N) is 1. The molecule has 0 bridgehead atoms. The Labute approximate surface area is 123 Å². The molecule has 0 spiro atoms. The van der Waals surface area contributed by atoms with Crippen molar-refractivity contribution >= 4 is 17.2 Å². The standard InChI is InChI=1S/C14H23N3O2S/c1-10-11(2)20-13(19)17(10)6-4-12(18)16-7-5-14(3,8-15)9-16/h4-9,15H2,1-3H3. The summed E-state index contributed by atoms with van der Waals surface area (Å²) in [6.45, 7) is 8.59. The average molecular weight is 297 g/mol. The van der Waals surface area contributed by atoms with Gasteiger partial charge in [-0.05, 0) is 32.2 Å². The Morgan fingerprint density at radius 1 is 1.45 bits per heavy atom. The van der Waals surface area contributed by atoms with Crippen molar-refractivity contribution in [1.29, 1.82) is 0 Å². The number of likely N-dealkylation sites (tertiary alicyclic amines) is 1. The molecule has 6 heteroatoms. The molecule has 1 saturated heterocycles. The van der Waals surface area contributed by atoms with Crippen LogP contribution in [0, 0.1) is 19.3 Å². The molecule has 1 aromatic rings. The molecule has 0 radical (unpaired) electrons. The van der Waals surface area contributed by atoms with Gasteiger partial charge in [-0.25, -0.2) is 0 Å². The van der Waals surface area contributed by atoms with Crippen LogP contribution >= 0.6 is 11.3 Å². The molecule has 112 valence electrons. The first-order valence-electron chi connectivity index (χ1n) is 7.01. The molecular weight excluding hydrogens is 274 g/mol. The van der Waals surface area contributed by atoms with Crippen molar-refractivity contribution in [2.24, 2.45) is 11.1 Å². The van der Waals surface area contributed by atoms with E-state index >= 15 is 0 Å². The molecule has 5 nitrogen and oxygen atoms in total. The zero-order valence-corrected chi connectivity index (χ0v) is 13.3. The van der Waals surface area contributed by atoms with Gasteiger partial charge in [-0.2, -0.15) is 0 Å². The highest BCUT2D eigenvalue weighted by molar-refractivity contribution is 7.09. The average Bonchev–Trinajstić information content (AvgIpc) is 2.91. The van der Waals surface area contributed by atoms with Crippen molar-refractivity contribution in [1.82, 2.24) is 9.47 Å². The number of carbonyl (C=O) groups is 1. The summed E-state index contributed by atoms with van der Waals surface area (Å²) in [5.41, 5.74) is 6.79. The van der Waals surface area contributed by atoms with Crippen molar-refractivity contribution < 1.29 is 4.79 Å². The van der Waals surface area contributed by atoms with E-state index in [9.17, 15) is 9.59 Å². The van der Waals surface area contributed by atoms with Gasteiger partial charge in [0.25, 0.3) is 0 Å². The predicted octanol–water partition coefficient (Wildman–Crippen LogP) is 1.11. The minimum absolute atomic E-state index is 0.0287. The summed E-state index contributed by atoms with van der Waals surface area (Å²) >= 11 is 1.25. The van der Waals surface area contributed by atoms with E-state index in [0.717, 1.165) is 30.1 Å². The zero-order valence-electron chi connectivity index (χ0n) is 12.4. The molecule has 1 fully saturated rings. The largest absolute Gasteiger partial charge is 0.342 e. The summed E-state index contributed by atoms with van der Waals surface area (Å²) in [5.74, 6) is 0.123. The summed E-state index contributed by atoms with van der Waals surface area (Å²) in [6, 6.07) is 0. The molecule has 1 aliphatic rings. The SMILES string of the molecule is Cc1sc(=O)n(CCC(=O)N2CCC(C)(CN)C2)c1C. The Morgan fingerprint density at radius 3 is 2.65 bits per heavy atom. The van der Waals surface area contributed by atoms with Crippen LogP contribution in [0.1, 0.15) is 30.3 Å². The highest BCUT2D eigenvalue weighted by atomic mass is 32.1. The van der Waals surface area contributed by atoms with Crippen LogP contribution < -0.4 is 10.6 Å². The number of carbonyl (C=O) groups excluding carboxylic acids is 1. The molecule has 1 atom stereocenters. The van der Waals surface area contributed by atoms with Gasteiger partial charge in [0.05, 0.1) is 0 Å². The molecule has 0 aliphatic carbocycles. The number of hydrogen-bond acceptors (Lipinski definition) is 4. The number of hydrogen-bond donors (Lipinski definition) is 1. The highest BCUT2D eigenvalue weighted by Crippen LogP contribution is 2.28. The van der Waals surface area contributed by atoms with Crippen LogP contribution in [0.2, 0.25) is 0 Å². The van der Waals surface area contributed by atoms with Crippen LogP contribution in [0.15, 0.2) is 4.79 Å². The second-order valence-corrected chi connectivity index (χ2v) is 7.16. The van der Waals surface area contributed by atoms with E-state index in [4.69, 9.17) is 5.73 Å². The quantitative estimate of drug-likeness (QED) is 0.905. The van der Waals surface area contributed by atoms with E-state index in [0.29, 0.717) is 19.5 Å². The molecule has 1 unspecified atom stereocenters. The number of thiazole rings is 1. The first kappa shape index (κ1) is 15.3. The maximum absolute atomic E-state index is 12.2. The lowest BCUT2D eigenvalue weighted by Crippen LogP contribution is -2.35. The van der Waals surface area contributed by atoms with E-state index < -0.39 is 0 Å². The molecular formula is C14H23N3O2S. The van der Waals surface area contributed by atoms with Crippen molar-refractivity contribution in [3.8, 4) is 0 Å². The molecule has 20 heavy (non-hydrogen) atoms. The van der Waals surface area contributed by atoms with E-state index in [1.165, 1.54) is 11.3 Å². The Hall–Kier alpha value is -1.14. The smallest absolute Gasteiger partial charge is 0.307 e. The van der Waals surface area contributed by atoms with E-state index in [1.54, 1.807) is 4.57 Å². The van der Waals surface area contributed by atoms with Gasteiger partial charge < -0.3 is 15.2 Å². The van der Waals surface area contributed by atoms with Crippen molar-refractivity contribution in [2.75, 3.05) is 19.6 Å². The van der Waals surface area contributed by atoms with Gasteiger partial charge in [0.2, 0.25) is 5.91 Å². The topological polar surface area (TPSA) is 68.3 Å². The highest BCUT2D eigenvalue weighted by Gasteiger charge is 2.34. The fourth-order valence-corrected chi connectivity index (χ4v) is 3.47. The van der Waals surface area contributed by atoms with Gasteiger partial charge in [-0.1, -0.05) is 18.3 Å². The molecule has 2 rings (SSSR count). The first-order valence-corrected chi connectivity index (χ1v) is 7.82. The second-order valence-electron chi connectivity index (χ2n) is 5.99. The third-order valence-electron chi connectivity index (χ3n) is 4.33. The van der Waals surface area contributed by atoms with Crippen LogP contribution in [-0.2, 0) is 11.3 Å².